The number of nitrogens with one attached hydrogen (secondary N) is 2. The third-order valence-electron chi connectivity index (χ3n) is 3.71. The minimum Gasteiger partial charge on any atom is -0.480 e. The van der Waals surface area contributed by atoms with Gasteiger partial charge in [0.05, 0.1) is 0 Å². The Labute approximate surface area is 124 Å². The van der Waals surface area contributed by atoms with E-state index in [4.69, 9.17) is 9.84 Å². The first-order valence-electron chi connectivity index (χ1n) is 6.84. The summed E-state index contributed by atoms with van der Waals surface area (Å²) in [5, 5.41) is 14.4. The van der Waals surface area contributed by atoms with Gasteiger partial charge in [-0.3, -0.25) is 0 Å². The number of hydrogen-bond donors (Lipinski definition) is 3. The van der Waals surface area contributed by atoms with Crippen LogP contribution >= 0.6 is 11.8 Å². The van der Waals surface area contributed by atoms with E-state index in [-0.39, 0.29) is 4.75 Å². The lowest BCUT2D eigenvalue weighted by atomic mass is 9.84. The molecule has 6 nitrogen and oxygen atoms in total. The predicted molar refractivity (Wildman–Crippen MR) is 79.2 cm³/mol. The highest BCUT2D eigenvalue weighted by Gasteiger charge is 2.36. The largest absolute Gasteiger partial charge is 0.480 e. The molecule has 0 spiro atoms. The van der Waals surface area contributed by atoms with E-state index in [0.29, 0.717) is 26.0 Å². The molecule has 2 amide bonds. The second-order valence-corrected chi connectivity index (χ2v) is 6.37. The van der Waals surface area contributed by atoms with Crippen LogP contribution in [0.2, 0.25) is 0 Å². The van der Waals surface area contributed by atoms with Gasteiger partial charge in [0.15, 0.2) is 0 Å². The molecule has 0 radical (unpaired) electrons. The number of methoxy groups -OCH3 is 1. The van der Waals surface area contributed by atoms with Gasteiger partial charge in [0.2, 0.25) is 0 Å². The Balaban J connectivity index is 2.32. The Kier molecular flexibility index (Phi) is 7.15. The fourth-order valence-electron chi connectivity index (χ4n) is 2.16. The summed E-state index contributed by atoms with van der Waals surface area (Å²) in [5.74, 6) is -1.01. The monoisotopic (exact) mass is 304 g/mol. The zero-order chi connectivity index (χ0) is 15.0. The number of hydrogen-bond acceptors (Lipinski definition) is 4. The predicted octanol–water partition coefficient (Wildman–Crippen LogP) is 1.45. The number of carboxylic acid groups (broad SMARTS) is 1. The molecule has 0 aliphatic heterocycles. The Morgan fingerprint density at radius 2 is 2.15 bits per heavy atom. The molecule has 0 heterocycles. The second-order valence-electron chi connectivity index (χ2n) is 5.09. The van der Waals surface area contributed by atoms with E-state index >= 15 is 0 Å². The van der Waals surface area contributed by atoms with Crippen molar-refractivity contribution in [3.63, 3.8) is 0 Å². The maximum atomic E-state index is 11.8. The number of thioether (sulfide) groups is 1. The number of carboxylic acids is 1. The summed E-state index contributed by atoms with van der Waals surface area (Å²) in [7, 11) is 1.57. The van der Waals surface area contributed by atoms with Crippen molar-refractivity contribution < 1.29 is 19.4 Å². The summed E-state index contributed by atoms with van der Waals surface area (Å²) in [6, 6.07) is -1.27. The van der Waals surface area contributed by atoms with Gasteiger partial charge in [-0.1, -0.05) is 6.42 Å². The Morgan fingerprint density at radius 3 is 2.60 bits per heavy atom. The van der Waals surface area contributed by atoms with Crippen molar-refractivity contribution in [2.75, 3.05) is 26.5 Å². The van der Waals surface area contributed by atoms with Crippen LogP contribution in [-0.4, -0.2) is 54.4 Å². The molecule has 1 aliphatic carbocycles. The number of amides is 2. The molecule has 1 unspecified atom stereocenters. The number of aliphatic carboxylic acids is 1. The number of carbonyl (C=O) groups is 2. The van der Waals surface area contributed by atoms with Crippen molar-refractivity contribution in [2.45, 2.75) is 42.9 Å². The van der Waals surface area contributed by atoms with Crippen molar-refractivity contribution in [3.05, 3.63) is 0 Å². The Bertz CT molecular complexity index is 329. The molecule has 1 saturated carbocycles. The average Bonchev–Trinajstić information content (AvgIpc) is 2.37. The summed E-state index contributed by atoms with van der Waals surface area (Å²) in [4.78, 5) is 22.8. The first-order chi connectivity index (χ1) is 9.53. The lowest BCUT2D eigenvalue weighted by molar-refractivity contribution is -0.139. The molecule has 0 bridgehead atoms. The maximum absolute atomic E-state index is 11.8. The standard InChI is InChI=1S/C13H24N2O4S/c1-19-8-3-5-10(11(16)17)15-12(18)14-9-13(20-2)6-4-7-13/h10H,3-9H2,1-2H3,(H,16,17)(H2,14,15,18). The number of ether oxygens (including phenoxy) is 1. The third-order valence-corrected chi connectivity index (χ3v) is 5.13. The zero-order valence-electron chi connectivity index (χ0n) is 12.1. The number of urea groups is 1. The first-order valence-corrected chi connectivity index (χ1v) is 8.07. The topological polar surface area (TPSA) is 87.7 Å². The fraction of sp³-hybridized carbons (Fsp3) is 0.846. The van der Waals surface area contributed by atoms with Gasteiger partial charge in [-0.2, -0.15) is 11.8 Å². The molecule has 0 saturated heterocycles. The molecule has 20 heavy (non-hydrogen) atoms. The van der Waals surface area contributed by atoms with Crippen molar-refractivity contribution >= 4 is 23.8 Å². The summed E-state index contributed by atoms with van der Waals surface area (Å²) in [5.41, 5.74) is 0. The highest BCUT2D eigenvalue weighted by molar-refractivity contribution is 8.00. The summed E-state index contributed by atoms with van der Waals surface area (Å²) < 4.78 is 5.03. The minimum absolute atomic E-state index is 0.145. The number of rotatable bonds is 9. The highest BCUT2D eigenvalue weighted by Crippen LogP contribution is 2.42. The van der Waals surface area contributed by atoms with Gasteiger partial charge in [0.1, 0.15) is 6.04 Å². The van der Waals surface area contributed by atoms with Crippen LogP contribution in [0.25, 0.3) is 0 Å². The lowest BCUT2D eigenvalue weighted by Crippen LogP contribution is -2.51. The van der Waals surface area contributed by atoms with E-state index in [1.165, 1.54) is 6.42 Å². The van der Waals surface area contributed by atoms with Gasteiger partial charge >= 0.3 is 12.0 Å². The van der Waals surface area contributed by atoms with E-state index in [2.05, 4.69) is 10.6 Å². The Morgan fingerprint density at radius 1 is 1.45 bits per heavy atom. The fourth-order valence-corrected chi connectivity index (χ4v) is 3.08. The van der Waals surface area contributed by atoms with Gasteiger partial charge in [0, 0.05) is 25.0 Å². The van der Waals surface area contributed by atoms with Crippen LogP contribution in [0.1, 0.15) is 32.1 Å². The normalized spacial score (nSPS) is 17.9. The van der Waals surface area contributed by atoms with Crippen molar-refractivity contribution in [2.24, 2.45) is 0 Å². The van der Waals surface area contributed by atoms with Crippen LogP contribution in [-0.2, 0) is 9.53 Å². The lowest BCUT2D eigenvalue weighted by Gasteiger charge is -2.40. The highest BCUT2D eigenvalue weighted by atomic mass is 32.2. The average molecular weight is 304 g/mol. The van der Waals surface area contributed by atoms with Gasteiger partial charge < -0.3 is 20.5 Å². The third kappa shape index (κ3) is 5.20. The molecule has 7 heteroatoms. The van der Waals surface area contributed by atoms with E-state index in [9.17, 15) is 9.59 Å². The molecular formula is C13H24N2O4S. The van der Waals surface area contributed by atoms with Crippen LogP contribution in [0.5, 0.6) is 0 Å². The molecule has 1 fully saturated rings. The van der Waals surface area contributed by atoms with E-state index < -0.39 is 18.0 Å². The SMILES string of the molecule is COCCCC(NC(=O)NCC1(SC)CCC1)C(=O)O. The summed E-state index contributed by atoms with van der Waals surface area (Å²) in [6.45, 7) is 1.08. The van der Waals surface area contributed by atoms with Crippen molar-refractivity contribution in [1.82, 2.24) is 10.6 Å². The van der Waals surface area contributed by atoms with Crippen LogP contribution in [0.4, 0.5) is 4.79 Å². The summed E-state index contributed by atoms with van der Waals surface area (Å²) >= 11 is 1.77. The molecule has 1 rings (SSSR count). The van der Waals surface area contributed by atoms with Crippen LogP contribution in [0.3, 0.4) is 0 Å². The van der Waals surface area contributed by atoms with Gasteiger partial charge in [-0.05, 0) is 31.9 Å². The molecule has 3 N–H and O–H groups in total. The molecule has 0 aromatic heterocycles. The molecule has 0 aromatic rings. The molecule has 1 aliphatic rings. The van der Waals surface area contributed by atoms with E-state index in [1.807, 2.05) is 6.26 Å². The van der Waals surface area contributed by atoms with Crippen LogP contribution in [0, 0.1) is 0 Å². The summed E-state index contributed by atoms with van der Waals surface area (Å²) in [6.07, 6.45) is 6.41. The molecular weight excluding hydrogens is 280 g/mol. The van der Waals surface area contributed by atoms with Crippen LogP contribution in [0.15, 0.2) is 0 Å². The van der Waals surface area contributed by atoms with E-state index in [1.54, 1.807) is 18.9 Å². The van der Waals surface area contributed by atoms with Crippen LogP contribution < -0.4 is 10.6 Å². The van der Waals surface area contributed by atoms with E-state index in [0.717, 1.165) is 12.8 Å². The number of carbonyl (C=O) groups excluding carboxylic acids is 1. The minimum atomic E-state index is -1.01. The van der Waals surface area contributed by atoms with Gasteiger partial charge in [-0.25, -0.2) is 9.59 Å². The maximum Gasteiger partial charge on any atom is 0.326 e. The molecule has 116 valence electrons. The Hall–Kier alpha value is -0.950. The smallest absolute Gasteiger partial charge is 0.326 e. The molecule has 1 atom stereocenters. The zero-order valence-corrected chi connectivity index (χ0v) is 12.9. The first kappa shape index (κ1) is 17.1. The molecule has 0 aromatic carbocycles. The van der Waals surface area contributed by atoms with Gasteiger partial charge in [0.25, 0.3) is 0 Å². The quantitative estimate of drug-likeness (QED) is 0.561. The van der Waals surface area contributed by atoms with Crippen molar-refractivity contribution in [1.29, 1.82) is 0 Å². The van der Waals surface area contributed by atoms with Gasteiger partial charge in [-0.15, -0.1) is 0 Å². The van der Waals surface area contributed by atoms with Crippen molar-refractivity contribution in [3.8, 4) is 0 Å². The second kappa shape index (κ2) is 8.36.